The van der Waals surface area contributed by atoms with Crippen molar-refractivity contribution < 1.29 is 23.8 Å². The molecule has 1 spiro atoms. The van der Waals surface area contributed by atoms with E-state index in [1.165, 1.54) is 7.11 Å². The quantitative estimate of drug-likeness (QED) is 0.838. The zero-order chi connectivity index (χ0) is 17.0. The second-order valence-corrected chi connectivity index (χ2v) is 6.49. The maximum atomic E-state index is 12.1. The lowest BCUT2D eigenvalue weighted by Crippen LogP contribution is -2.49. The van der Waals surface area contributed by atoms with Gasteiger partial charge in [-0.25, -0.2) is 9.59 Å². The van der Waals surface area contributed by atoms with E-state index >= 15 is 0 Å². The van der Waals surface area contributed by atoms with E-state index in [2.05, 4.69) is 5.32 Å². The van der Waals surface area contributed by atoms with Crippen LogP contribution in [0.15, 0.2) is 30.3 Å². The van der Waals surface area contributed by atoms with Crippen LogP contribution in [0.3, 0.4) is 0 Å². The topological polar surface area (TPSA) is 73.9 Å². The third-order valence-electron chi connectivity index (χ3n) is 4.75. The number of carbonyl (C=O) groups excluding carboxylic acids is 2. The highest BCUT2D eigenvalue weighted by atomic mass is 16.6. The van der Waals surface area contributed by atoms with Crippen LogP contribution in [0.4, 0.5) is 4.79 Å². The lowest BCUT2D eigenvalue weighted by molar-refractivity contribution is -0.146. The molecule has 1 aliphatic carbocycles. The zero-order valence-corrected chi connectivity index (χ0v) is 13.8. The van der Waals surface area contributed by atoms with Crippen molar-refractivity contribution in [2.75, 3.05) is 13.7 Å². The Bertz CT molecular complexity index is 584. The molecule has 1 saturated carbocycles. The van der Waals surface area contributed by atoms with E-state index in [4.69, 9.17) is 14.2 Å². The van der Waals surface area contributed by atoms with Gasteiger partial charge in [-0.2, -0.15) is 0 Å². The Labute approximate surface area is 141 Å². The van der Waals surface area contributed by atoms with E-state index in [1.54, 1.807) is 0 Å². The molecule has 1 aromatic carbocycles. The van der Waals surface area contributed by atoms with Gasteiger partial charge in [0.25, 0.3) is 0 Å². The third kappa shape index (κ3) is 4.06. The van der Waals surface area contributed by atoms with Crippen molar-refractivity contribution >= 4 is 12.1 Å². The summed E-state index contributed by atoms with van der Waals surface area (Å²) in [5.74, 6) is -0.424. The van der Waals surface area contributed by atoms with Crippen molar-refractivity contribution in [3.05, 3.63) is 35.9 Å². The fourth-order valence-corrected chi connectivity index (χ4v) is 3.23. The van der Waals surface area contributed by atoms with Crippen LogP contribution in [0.25, 0.3) is 0 Å². The first-order valence-corrected chi connectivity index (χ1v) is 8.31. The molecule has 2 atom stereocenters. The number of rotatable bonds is 5. The predicted octanol–water partition coefficient (Wildman–Crippen LogP) is 2.41. The Morgan fingerprint density at radius 1 is 1.33 bits per heavy atom. The number of hydrogen-bond donors (Lipinski definition) is 1. The molecular weight excluding hydrogens is 310 g/mol. The van der Waals surface area contributed by atoms with Crippen LogP contribution < -0.4 is 5.32 Å². The normalized spacial score (nSPS) is 22.5. The molecule has 1 aromatic rings. The fourth-order valence-electron chi connectivity index (χ4n) is 3.23. The van der Waals surface area contributed by atoms with Crippen LogP contribution >= 0.6 is 0 Å². The van der Waals surface area contributed by atoms with Crippen molar-refractivity contribution in [1.82, 2.24) is 5.32 Å². The molecule has 0 bridgehead atoms. The first-order valence-electron chi connectivity index (χ1n) is 8.31. The number of esters is 1. The van der Waals surface area contributed by atoms with Gasteiger partial charge in [0.05, 0.1) is 12.7 Å². The van der Waals surface area contributed by atoms with Gasteiger partial charge in [0.15, 0.2) is 0 Å². The summed E-state index contributed by atoms with van der Waals surface area (Å²) < 4.78 is 15.9. The van der Waals surface area contributed by atoms with Gasteiger partial charge in [0.1, 0.15) is 12.6 Å². The van der Waals surface area contributed by atoms with Gasteiger partial charge in [-0.15, -0.1) is 0 Å². The largest absolute Gasteiger partial charge is 0.467 e. The Kier molecular flexibility index (Phi) is 5.04. The van der Waals surface area contributed by atoms with Crippen molar-refractivity contribution in [3.63, 3.8) is 0 Å². The van der Waals surface area contributed by atoms with E-state index in [0.29, 0.717) is 6.61 Å². The molecule has 0 aromatic heterocycles. The summed E-state index contributed by atoms with van der Waals surface area (Å²) in [6.07, 6.45) is 2.93. The minimum Gasteiger partial charge on any atom is -0.467 e. The molecule has 1 amide bonds. The minimum absolute atomic E-state index is 0.0120. The average Bonchev–Trinajstić information content (AvgIpc) is 3.36. The summed E-state index contributed by atoms with van der Waals surface area (Å²) in [7, 11) is 1.33. The molecule has 1 saturated heterocycles. The van der Waals surface area contributed by atoms with Gasteiger partial charge in [-0.1, -0.05) is 30.3 Å². The van der Waals surface area contributed by atoms with Crippen molar-refractivity contribution in [3.8, 4) is 0 Å². The van der Waals surface area contributed by atoms with Crippen molar-refractivity contribution in [2.24, 2.45) is 5.92 Å². The second kappa shape index (κ2) is 7.21. The molecule has 0 radical (unpaired) electrons. The lowest BCUT2D eigenvalue weighted by Gasteiger charge is -2.33. The summed E-state index contributed by atoms with van der Waals surface area (Å²) >= 11 is 0. The van der Waals surface area contributed by atoms with E-state index in [9.17, 15) is 9.59 Å². The predicted molar refractivity (Wildman–Crippen MR) is 86.2 cm³/mol. The highest BCUT2D eigenvalue weighted by molar-refractivity contribution is 5.81. The number of hydrogen-bond acceptors (Lipinski definition) is 5. The molecular formula is C18H23NO5. The molecule has 1 heterocycles. The standard InChI is InChI=1S/C18H23NO5/c1-22-16(20)15(14-7-10-24-18(11-14)8-9-18)19-17(21)23-12-13-5-3-2-4-6-13/h2-6,14-15H,7-12H2,1H3,(H,19,21)/t14-,15-/m0/s1. The average molecular weight is 333 g/mol. The van der Waals surface area contributed by atoms with Crippen LogP contribution in [0.1, 0.15) is 31.2 Å². The van der Waals surface area contributed by atoms with Crippen LogP contribution in [-0.4, -0.2) is 37.4 Å². The maximum absolute atomic E-state index is 12.1. The maximum Gasteiger partial charge on any atom is 0.408 e. The first kappa shape index (κ1) is 16.8. The minimum atomic E-state index is -0.695. The van der Waals surface area contributed by atoms with Crippen LogP contribution in [0.2, 0.25) is 0 Å². The van der Waals surface area contributed by atoms with Gasteiger partial charge in [-0.3, -0.25) is 0 Å². The molecule has 2 fully saturated rings. The lowest BCUT2D eigenvalue weighted by atomic mass is 9.87. The molecule has 6 heteroatoms. The van der Waals surface area contributed by atoms with E-state index in [0.717, 1.165) is 31.2 Å². The van der Waals surface area contributed by atoms with Gasteiger partial charge >= 0.3 is 12.1 Å². The second-order valence-electron chi connectivity index (χ2n) is 6.49. The number of alkyl carbamates (subject to hydrolysis) is 1. The number of amides is 1. The molecule has 3 rings (SSSR count). The van der Waals surface area contributed by atoms with E-state index < -0.39 is 18.1 Å². The van der Waals surface area contributed by atoms with E-state index in [-0.39, 0.29) is 18.1 Å². The zero-order valence-electron chi connectivity index (χ0n) is 13.8. The Morgan fingerprint density at radius 2 is 2.08 bits per heavy atom. The van der Waals surface area contributed by atoms with Crippen LogP contribution in [0.5, 0.6) is 0 Å². The van der Waals surface area contributed by atoms with Gasteiger partial charge in [-0.05, 0) is 37.2 Å². The Hall–Kier alpha value is -2.08. The number of ether oxygens (including phenoxy) is 3. The summed E-state index contributed by atoms with van der Waals surface area (Å²) in [6, 6.07) is 8.71. The SMILES string of the molecule is COC(=O)[C@@H](NC(=O)OCc1ccccc1)[C@H]1CCOC2(CC2)C1. The first-order chi connectivity index (χ1) is 11.6. The number of carbonyl (C=O) groups is 2. The van der Waals surface area contributed by atoms with Crippen molar-refractivity contribution in [1.29, 1.82) is 0 Å². The molecule has 6 nitrogen and oxygen atoms in total. The van der Waals surface area contributed by atoms with Crippen LogP contribution in [-0.2, 0) is 25.6 Å². The fraction of sp³-hybridized carbons (Fsp3) is 0.556. The monoisotopic (exact) mass is 333 g/mol. The molecule has 24 heavy (non-hydrogen) atoms. The highest BCUT2D eigenvalue weighted by Crippen LogP contribution is 2.48. The van der Waals surface area contributed by atoms with Gasteiger partial charge in [0, 0.05) is 6.61 Å². The van der Waals surface area contributed by atoms with Gasteiger partial charge in [0.2, 0.25) is 0 Å². The molecule has 1 N–H and O–H groups in total. The third-order valence-corrected chi connectivity index (χ3v) is 4.75. The van der Waals surface area contributed by atoms with Crippen LogP contribution in [0, 0.1) is 5.92 Å². The molecule has 1 aliphatic heterocycles. The summed E-state index contributed by atoms with van der Waals surface area (Å²) in [4.78, 5) is 24.2. The summed E-state index contributed by atoms with van der Waals surface area (Å²) in [6.45, 7) is 0.775. The molecule has 2 aliphatic rings. The molecule has 130 valence electrons. The van der Waals surface area contributed by atoms with Crippen molar-refractivity contribution in [2.45, 2.75) is 43.9 Å². The number of methoxy groups -OCH3 is 1. The number of benzene rings is 1. The smallest absolute Gasteiger partial charge is 0.408 e. The summed E-state index contributed by atoms with van der Waals surface area (Å²) in [5, 5.41) is 2.68. The summed E-state index contributed by atoms with van der Waals surface area (Å²) in [5.41, 5.74) is 0.815. The Morgan fingerprint density at radius 3 is 2.75 bits per heavy atom. The Balaban J connectivity index is 1.57. The number of nitrogens with one attached hydrogen (secondary N) is 1. The highest BCUT2D eigenvalue weighted by Gasteiger charge is 2.50. The van der Waals surface area contributed by atoms with E-state index in [1.807, 2.05) is 30.3 Å². The molecule has 0 unspecified atom stereocenters. The van der Waals surface area contributed by atoms with Gasteiger partial charge < -0.3 is 19.5 Å².